The number of allylic oxidation sites excluding steroid dienone is 1. The van der Waals surface area contributed by atoms with Crippen LogP contribution in [0.4, 0.5) is 0 Å². The second-order valence-electron chi connectivity index (χ2n) is 5.79. The van der Waals surface area contributed by atoms with Gasteiger partial charge in [0.25, 0.3) is 0 Å². The lowest BCUT2D eigenvalue weighted by molar-refractivity contribution is 0.122. The van der Waals surface area contributed by atoms with E-state index in [0.29, 0.717) is 5.92 Å². The Bertz CT molecular complexity index is 443. The van der Waals surface area contributed by atoms with Gasteiger partial charge in [-0.2, -0.15) is 0 Å². The van der Waals surface area contributed by atoms with Crippen LogP contribution in [0.25, 0.3) is 0 Å². The molecule has 2 heteroatoms. The Balaban J connectivity index is 2.40. The minimum Gasteiger partial charge on any atom is -0.497 e. The predicted octanol–water partition coefficient (Wildman–Crippen LogP) is 3.48. The lowest BCUT2D eigenvalue weighted by atomic mass is 9.64. The molecule has 0 bridgehead atoms. The lowest BCUT2D eigenvalue weighted by Crippen LogP contribution is -2.47. The quantitative estimate of drug-likeness (QED) is 0.768. The third-order valence-corrected chi connectivity index (χ3v) is 4.62. The molecule has 0 N–H and O–H groups in total. The van der Waals surface area contributed by atoms with Crippen LogP contribution in [0.5, 0.6) is 5.75 Å². The molecular weight excluding hydrogens is 234 g/mol. The smallest absolute Gasteiger partial charge is 0.119 e. The summed E-state index contributed by atoms with van der Waals surface area (Å²) in [5, 5.41) is 0. The Labute approximate surface area is 117 Å². The summed E-state index contributed by atoms with van der Waals surface area (Å²) in [4.78, 5) is 2.42. The first-order valence-corrected chi connectivity index (χ1v) is 7.06. The summed E-state index contributed by atoms with van der Waals surface area (Å²) in [6.45, 7) is 8.63. The first kappa shape index (κ1) is 14.1. The van der Waals surface area contributed by atoms with Crippen molar-refractivity contribution in [3.05, 3.63) is 42.5 Å². The maximum atomic E-state index is 5.39. The van der Waals surface area contributed by atoms with E-state index in [4.69, 9.17) is 4.74 Å². The van der Waals surface area contributed by atoms with E-state index in [1.165, 1.54) is 12.0 Å². The van der Waals surface area contributed by atoms with Crippen LogP contribution >= 0.6 is 0 Å². The molecule has 1 aromatic rings. The molecule has 1 saturated heterocycles. The van der Waals surface area contributed by atoms with E-state index in [1.807, 2.05) is 6.07 Å². The molecule has 0 aromatic heterocycles. The molecule has 0 amide bonds. The monoisotopic (exact) mass is 259 g/mol. The molecule has 0 saturated carbocycles. The largest absolute Gasteiger partial charge is 0.497 e. The van der Waals surface area contributed by atoms with Gasteiger partial charge in [-0.3, -0.25) is 0 Å². The molecule has 1 aliphatic heterocycles. The van der Waals surface area contributed by atoms with Crippen molar-refractivity contribution in [2.75, 3.05) is 27.2 Å². The number of likely N-dealkylation sites (tertiary alicyclic amines) is 1. The molecule has 1 aromatic carbocycles. The average molecular weight is 259 g/mol. The standard InChI is InChI=1S/C17H25NO/c1-5-9-17(10-11-18(3)13-14(17)2)15-7-6-8-16(12-15)19-4/h5-8,12,14H,1,9-11,13H2,2-4H3. The first-order chi connectivity index (χ1) is 9.12. The van der Waals surface area contributed by atoms with Crippen LogP contribution in [0.1, 0.15) is 25.3 Å². The number of ether oxygens (including phenoxy) is 1. The van der Waals surface area contributed by atoms with E-state index in [-0.39, 0.29) is 5.41 Å². The van der Waals surface area contributed by atoms with Gasteiger partial charge in [0.15, 0.2) is 0 Å². The fourth-order valence-corrected chi connectivity index (χ4v) is 3.41. The summed E-state index contributed by atoms with van der Waals surface area (Å²) in [6, 6.07) is 8.56. The summed E-state index contributed by atoms with van der Waals surface area (Å²) in [6.07, 6.45) is 4.29. The van der Waals surface area contributed by atoms with Crippen molar-refractivity contribution in [3.8, 4) is 5.75 Å². The highest BCUT2D eigenvalue weighted by Crippen LogP contribution is 2.43. The minimum atomic E-state index is 0.211. The Kier molecular flexibility index (Phi) is 4.31. The van der Waals surface area contributed by atoms with Gasteiger partial charge in [0, 0.05) is 12.0 Å². The van der Waals surface area contributed by atoms with E-state index in [0.717, 1.165) is 25.3 Å². The number of hydrogen-bond acceptors (Lipinski definition) is 2. The lowest BCUT2D eigenvalue weighted by Gasteiger charge is -2.46. The van der Waals surface area contributed by atoms with Gasteiger partial charge in [-0.05, 0) is 50.0 Å². The third kappa shape index (κ3) is 2.69. The molecule has 0 radical (unpaired) electrons. The van der Waals surface area contributed by atoms with Gasteiger partial charge in [0.2, 0.25) is 0 Å². The van der Waals surface area contributed by atoms with Gasteiger partial charge in [-0.1, -0.05) is 25.1 Å². The molecule has 0 spiro atoms. The SMILES string of the molecule is C=CCC1(c2cccc(OC)c2)CCN(C)CC1C. The van der Waals surface area contributed by atoms with E-state index in [1.54, 1.807) is 7.11 Å². The van der Waals surface area contributed by atoms with Crippen molar-refractivity contribution in [3.63, 3.8) is 0 Å². The van der Waals surface area contributed by atoms with Crippen LogP contribution in [-0.2, 0) is 5.41 Å². The van der Waals surface area contributed by atoms with E-state index >= 15 is 0 Å². The van der Waals surface area contributed by atoms with Gasteiger partial charge < -0.3 is 9.64 Å². The van der Waals surface area contributed by atoms with E-state index in [2.05, 4.69) is 49.7 Å². The van der Waals surface area contributed by atoms with E-state index < -0.39 is 0 Å². The Hall–Kier alpha value is -1.28. The number of nitrogens with zero attached hydrogens (tertiary/aromatic N) is 1. The second kappa shape index (κ2) is 5.79. The summed E-state index contributed by atoms with van der Waals surface area (Å²) < 4.78 is 5.39. The van der Waals surface area contributed by atoms with Crippen LogP contribution < -0.4 is 4.74 Å². The fraction of sp³-hybridized carbons (Fsp3) is 0.529. The number of methoxy groups -OCH3 is 1. The van der Waals surface area contributed by atoms with Crippen molar-refractivity contribution in [2.24, 2.45) is 5.92 Å². The molecule has 1 aliphatic rings. The van der Waals surface area contributed by atoms with Crippen molar-refractivity contribution >= 4 is 0 Å². The summed E-state index contributed by atoms with van der Waals surface area (Å²) in [7, 11) is 3.94. The Morgan fingerprint density at radius 2 is 2.32 bits per heavy atom. The molecule has 2 unspecified atom stereocenters. The van der Waals surface area contributed by atoms with Gasteiger partial charge in [-0.15, -0.1) is 6.58 Å². The molecule has 1 heterocycles. The van der Waals surface area contributed by atoms with Gasteiger partial charge >= 0.3 is 0 Å². The highest BCUT2D eigenvalue weighted by atomic mass is 16.5. The molecule has 1 fully saturated rings. The van der Waals surface area contributed by atoms with Gasteiger partial charge in [0.1, 0.15) is 5.75 Å². The number of hydrogen-bond donors (Lipinski definition) is 0. The summed E-state index contributed by atoms with van der Waals surface area (Å²) in [5.74, 6) is 1.57. The second-order valence-corrected chi connectivity index (χ2v) is 5.79. The molecule has 104 valence electrons. The van der Waals surface area contributed by atoms with Gasteiger partial charge in [0.05, 0.1) is 7.11 Å². The van der Waals surface area contributed by atoms with Crippen molar-refractivity contribution in [1.29, 1.82) is 0 Å². The molecule has 0 aliphatic carbocycles. The Morgan fingerprint density at radius 1 is 1.53 bits per heavy atom. The maximum Gasteiger partial charge on any atom is 0.119 e. The molecule has 2 nitrogen and oxygen atoms in total. The summed E-state index contributed by atoms with van der Waals surface area (Å²) in [5.41, 5.74) is 1.61. The zero-order valence-corrected chi connectivity index (χ0v) is 12.4. The van der Waals surface area contributed by atoms with E-state index in [9.17, 15) is 0 Å². The molecule has 19 heavy (non-hydrogen) atoms. The average Bonchev–Trinajstić information content (AvgIpc) is 2.42. The van der Waals surface area contributed by atoms with Crippen molar-refractivity contribution < 1.29 is 4.74 Å². The zero-order chi connectivity index (χ0) is 13.9. The third-order valence-electron chi connectivity index (χ3n) is 4.62. The van der Waals surface area contributed by atoms with Crippen LogP contribution in [0.2, 0.25) is 0 Å². The maximum absolute atomic E-state index is 5.39. The van der Waals surface area contributed by atoms with Crippen LogP contribution in [0.15, 0.2) is 36.9 Å². The first-order valence-electron chi connectivity index (χ1n) is 7.06. The summed E-state index contributed by atoms with van der Waals surface area (Å²) >= 11 is 0. The number of benzene rings is 1. The molecule has 2 atom stereocenters. The van der Waals surface area contributed by atoms with Crippen LogP contribution in [-0.4, -0.2) is 32.1 Å². The Morgan fingerprint density at radius 3 is 2.95 bits per heavy atom. The van der Waals surface area contributed by atoms with Crippen molar-refractivity contribution in [1.82, 2.24) is 4.90 Å². The predicted molar refractivity (Wildman–Crippen MR) is 80.8 cm³/mol. The van der Waals surface area contributed by atoms with Crippen LogP contribution in [0.3, 0.4) is 0 Å². The highest BCUT2D eigenvalue weighted by molar-refractivity contribution is 5.35. The number of piperidine rings is 1. The minimum absolute atomic E-state index is 0.211. The van der Waals surface area contributed by atoms with Crippen LogP contribution in [0, 0.1) is 5.92 Å². The molecule has 2 rings (SSSR count). The number of rotatable bonds is 4. The van der Waals surface area contributed by atoms with Crippen molar-refractivity contribution in [2.45, 2.75) is 25.2 Å². The topological polar surface area (TPSA) is 12.5 Å². The normalized spacial score (nSPS) is 28.1. The fourth-order valence-electron chi connectivity index (χ4n) is 3.41. The van der Waals surface area contributed by atoms with Gasteiger partial charge in [-0.25, -0.2) is 0 Å². The highest BCUT2D eigenvalue weighted by Gasteiger charge is 2.40. The zero-order valence-electron chi connectivity index (χ0n) is 12.4. The molecular formula is C17H25NO.